The summed E-state index contributed by atoms with van der Waals surface area (Å²) in [5, 5.41) is 8.46. The molecule has 0 saturated heterocycles. The normalized spacial score (nSPS) is 11.0. The Morgan fingerprint density at radius 3 is 3.00 bits per heavy atom. The average molecular weight is 296 g/mol. The van der Waals surface area contributed by atoms with Crippen LogP contribution in [-0.2, 0) is 24.3 Å². The van der Waals surface area contributed by atoms with Gasteiger partial charge in [-0.05, 0) is 31.5 Å². The van der Waals surface area contributed by atoms with Gasteiger partial charge < -0.3 is 10.3 Å². The third-order valence-corrected chi connectivity index (χ3v) is 3.78. The third-order valence-electron chi connectivity index (χ3n) is 3.78. The Morgan fingerprint density at radius 1 is 1.36 bits per heavy atom. The molecule has 22 heavy (non-hydrogen) atoms. The molecule has 1 amide bonds. The van der Waals surface area contributed by atoms with Crippen molar-refractivity contribution in [2.75, 3.05) is 0 Å². The molecule has 0 aliphatic rings. The molecule has 5 nitrogen and oxygen atoms in total. The number of nitrogens with one attached hydrogen (secondary N) is 2. The van der Waals surface area contributed by atoms with E-state index in [1.54, 1.807) is 0 Å². The van der Waals surface area contributed by atoms with E-state index in [0.717, 1.165) is 34.4 Å². The maximum Gasteiger partial charge on any atom is 0.224 e. The minimum atomic E-state index is 0.0197. The van der Waals surface area contributed by atoms with Gasteiger partial charge in [-0.25, -0.2) is 0 Å². The summed E-state index contributed by atoms with van der Waals surface area (Å²) in [6, 6.07) is 10.0. The van der Waals surface area contributed by atoms with E-state index in [-0.39, 0.29) is 5.91 Å². The van der Waals surface area contributed by atoms with Crippen LogP contribution >= 0.6 is 0 Å². The first-order chi connectivity index (χ1) is 10.7. The molecule has 2 N–H and O–H groups in total. The van der Waals surface area contributed by atoms with Gasteiger partial charge >= 0.3 is 0 Å². The highest BCUT2D eigenvalue weighted by molar-refractivity contribution is 5.88. The van der Waals surface area contributed by atoms with Crippen molar-refractivity contribution in [3.05, 3.63) is 53.5 Å². The van der Waals surface area contributed by atoms with Crippen LogP contribution in [0.25, 0.3) is 10.9 Å². The molecule has 0 aliphatic carbocycles. The Morgan fingerprint density at radius 2 is 2.18 bits per heavy atom. The fourth-order valence-corrected chi connectivity index (χ4v) is 2.72. The highest BCUT2D eigenvalue weighted by Crippen LogP contribution is 2.18. The Hall–Kier alpha value is -2.56. The van der Waals surface area contributed by atoms with E-state index in [1.807, 2.05) is 55.1 Å². The van der Waals surface area contributed by atoms with Crippen molar-refractivity contribution < 1.29 is 4.79 Å². The second-order valence-electron chi connectivity index (χ2n) is 5.41. The first-order valence-electron chi connectivity index (χ1n) is 7.52. The molecule has 3 aromatic rings. The van der Waals surface area contributed by atoms with Crippen LogP contribution in [0.4, 0.5) is 0 Å². The molecule has 114 valence electrons. The molecule has 0 bridgehead atoms. The van der Waals surface area contributed by atoms with Crippen LogP contribution in [0, 0.1) is 6.92 Å². The lowest BCUT2D eigenvalue weighted by atomic mass is 10.1. The smallest absolute Gasteiger partial charge is 0.224 e. The van der Waals surface area contributed by atoms with Gasteiger partial charge in [0, 0.05) is 23.6 Å². The lowest BCUT2D eigenvalue weighted by Gasteiger charge is -2.06. The molecule has 5 heteroatoms. The molecule has 0 spiro atoms. The number of amides is 1. The van der Waals surface area contributed by atoms with Crippen molar-refractivity contribution in [2.45, 2.75) is 33.4 Å². The minimum absolute atomic E-state index is 0.0197. The number of nitrogens with zero attached hydrogens (tertiary/aromatic N) is 2. The maximum atomic E-state index is 12.2. The molecule has 1 aromatic carbocycles. The Kier molecular flexibility index (Phi) is 3.96. The molecule has 0 atom stereocenters. The van der Waals surface area contributed by atoms with Gasteiger partial charge in [-0.1, -0.05) is 18.2 Å². The van der Waals surface area contributed by atoms with E-state index in [4.69, 9.17) is 0 Å². The number of aromatic amines is 1. The van der Waals surface area contributed by atoms with Crippen molar-refractivity contribution in [1.29, 1.82) is 0 Å². The maximum absolute atomic E-state index is 12.2. The standard InChI is InChI=1S/C17H20N4O/c1-3-21-14(8-12(2)20-21)11-19-17(22)9-13-10-18-16-7-5-4-6-15(13)16/h4-8,10,18H,3,9,11H2,1-2H3,(H,19,22). The number of carbonyl (C=O) groups is 1. The van der Waals surface area contributed by atoms with Crippen LogP contribution in [0.5, 0.6) is 0 Å². The van der Waals surface area contributed by atoms with Gasteiger partial charge in [0.2, 0.25) is 5.91 Å². The summed E-state index contributed by atoms with van der Waals surface area (Å²) in [6.07, 6.45) is 2.29. The van der Waals surface area contributed by atoms with E-state index in [9.17, 15) is 4.79 Å². The Bertz CT molecular complexity index is 800. The zero-order chi connectivity index (χ0) is 15.5. The zero-order valence-corrected chi connectivity index (χ0v) is 12.9. The predicted octanol–water partition coefficient (Wildman–Crippen LogP) is 2.55. The van der Waals surface area contributed by atoms with Crippen molar-refractivity contribution in [3.8, 4) is 0 Å². The fraction of sp³-hybridized carbons (Fsp3) is 0.294. The summed E-state index contributed by atoms with van der Waals surface area (Å²) in [5.41, 5.74) is 4.09. The van der Waals surface area contributed by atoms with Crippen LogP contribution in [0.2, 0.25) is 0 Å². The topological polar surface area (TPSA) is 62.7 Å². The summed E-state index contributed by atoms with van der Waals surface area (Å²) < 4.78 is 1.92. The number of rotatable bonds is 5. The van der Waals surface area contributed by atoms with Crippen LogP contribution in [0.3, 0.4) is 0 Å². The average Bonchev–Trinajstić information content (AvgIpc) is 3.09. The first kappa shape index (κ1) is 14.4. The number of hydrogen-bond acceptors (Lipinski definition) is 2. The number of fused-ring (bicyclic) bond motifs is 1. The Balaban J connectivity index is 1.65. The molecule has 0 unspecified atom stereocenters. The number of aryl methyl sites for hydroxylation is 2. The number of aromatic nitrogens is 3. The molecular formula is C17H20N4O. The van der Waals surface area contributed by atoms with Crippen molar-refractivity contribution in [1.82, 2.24) is 20.1 Å². The van der Waals surface area contributed by atoms with Crippen LogP contribution < -0.4 is 5.32 Å². The van der Waals surface area contributed by atoms with Crippen molar-refractivity contribution in [3.63, 3.8) is 0 Å². The van der Waals surface area contributed by atoms with E-state index < -0.39 is 0 Å². The summed E-state index contributed by atoms with van der Waals surface area (Å²) in [6.45, 7) is 5.32. The molecule has 0 saturated carbocycles. The van der Waals surface area contributed by atoms with Crippen LogP contribution in [-0.4, -0.2) is 20.7 Å². The molecular weight excluding hydrogens is 276 g/mol. The van der Waals surface area contributed by atoms with Crippen molar-refractivity contribution >= 4 is 16.8 Å². The van der Waals surface area contributed by atoms with Gasteiger partial charge in [-0.2, -0.15) is 5.10 Å². The number of hydrogen-bond donors (Lipinski definition) is 2. The van der Waals surface area contributed by atoms with Crippen LogP contribution in [0.15, 0.2) is 36.5 Å². The van der Waals surface area contributed by atoms with Crippen LogP contribution in [0.1, 0.15) is 23.9 Å². The van der Waals surface area contributed by atoms with Gasteiger partial charge in [-0.15, -0.1) is 0 Å². The molecule has 2 heterocycles. The largest absolute Gasteiger partial charge is 0.361 e. The lowest BCUT2D eigenvalue weighted by Crippen LogP contribution is -2.25. The van der Waals surface area contributed by atoms with Gasteiger partial charge in [-0.3, -0.25) is 9.48 Å². The van der Waals surface area contributed by atoms with Gasteiger partial charge in [0.05, 0.1) is 24.4 Å². The SMILES string of the molecule is CCn1nc(C)cc1CNC(=O)Cc1c[nH]c2ccccc12. The fourth-order valence-electron chi connectivity index (χ4n) is 2.72. The molecule has 0 fully saturated rings. The number of carbonyl (C=O) groups excluding carboxylic acids is 1. The zero-order valence-electron chi connectivity index (χ0n) is 12.9. The summed E-state index contributed by atoms with van der Waals surface area (Å²) in [4.78, 5) is 15.4. The lowest BCUT2D eigenvalue weighted by molar-refractivity contribution is -0.120. The van der Waals surface area contributed by atoms with Gasteiger partial charge in [0.1, 0.15) is 0 Å². The second-order valence-corrected chi connectivity index (χ2v) is 5.41. The molecule has 3 rings (SSSR count). The van der Waals surface area contributed by atoms with E-state index in [0.29, 0.717) is 13.0 Å². The molecule has 0 aliphatic heterocycles. The van der Waals surface area contributed by atoms with E-state index in [1.165, 1.54) is 0 Å². The quantitative estimate of drug-likeness (QED) is 0.760. The minimum Gasteiger partial charge on any atom is -0.361 e. The second kappa shape index (κ2) is 6.05. The van der Waals surface area contributed by atoms with Crippen molar-refractivity contribution in [2.24, 2.45) is 0 Å². The number of para-hydroxylation sites is 1. The number of benzene rings is 1. The first-order valence-corrected chi connectivity index (χ1v) is 7.52. The van der Waals surface area contributed by atoms with Gasteiger partial charge in [0.25, 0.3) is 0 Å². The number of H-pyrrole nitrogens is 1. The van der Waals surface area contributed by atoms with Gasteiger partial charge in [0.15, 0.2) is 0 Å². The highest BCUT2D eigenvalue weighted by atomic mass is 16.1. The van der Waals surface area contributed by atoms with E-state index >= 15 is 0 Å². The monoisotopic (exact) mass is 296 g/mol. The summed E-state index contributed by atoms with van der Waals surface area (Å²) in [7, 11) is 0. The molecule has 0 radical (unpaired) electrons. The highest BCUT2D eigenvalue weighted by Gasteiger charge is 2.10. The predicted molar refractivity (Wildman–Crippen MR) is 86.5 cm³/mol. The molecule has 2 aromatic heterocycles. The Labute approximate surface area is 129 Å². The summed E-state index contributed by atoms with van der Waals surface area (Å²) in [5.74, 6) is 0.0197. The van der Waals surface area contributed by atoms with E-state index in [2.05, 4.69) is 15.4 Å². The third kappa shape index (κ3) is 2.88. The summed E-state index contributed by atoms with van der Waals surface area (Å²) >= 11 is 0.